The average Bonchev–Trinajstić information content (AvgIpc) is 2.94. The fourth-order valence-corrected chi connectivity index (χ4v) is 1.89. The zero-order chi connectivity index (χ0) is 12.3. The van der Waals surface area contributed by atoms with Crippen LogP contribution in [0, 0.1) is 5.92 Å². The predicted octanol–water partition coefficient (Wildman–Crippen LogP) is 2.68. The Morgan fingerprint density at radius 1 is 1.29 bits per heavy atom. The molecular weight excluding hydrogens is 212 g/mol. The topological polar surface area (TPSA) is 49.8 Å². The standard InChI is InChI=1S/C13H22N4/c1-4-6-11-16-12(14-5-2)8-13(17-11)15-10-7-9(10)3/h8-10H,4-7H2,1-3H3,(H2,14,15,16,17). The molecule has 1 heterocycles. The first-order chi connectivity index (χ1) is 8.22. The van der Waals surface area contributed by atoms with Gasteiger partial charge >= 0.3 is 0 Å². The van der Waals surface area contributed by atoms with Crippen molar-refractivity contribution in [2.24, 2.45) is 5.92 Å². The van der Waals surface area contributed by atoms with E-state index in [1.165, 1.54) is 6.42 Å². The molecule has 0 aliphatic heterocycles. The van der Waals surface area contributed by atoms with Crippen molar-refractivity contribution in [2.75, 3.05) is 17.2 Å². The highest BCUT2D eigenvalue weighted by Gasteiger charge is 2.32. The van der Waals surface area contributed by atoms with Gasteiger partial charge < -0.3 is 10.6 Å². The van der Waals surface area contributed by atoms with Crippen LogP contribution in [0.25, 0.3) is 0 Å². The van der Waals surface area contributed by atoms with Crippen molar-refractivity contribution < 1.29 is 0 Å². The summed E-state index contributed by atoms with van der Waals surface area (Å²) < 4.78 is 0. The highest BCUT2D eigenvalue weighted by Crippen LogP contribution is 2.32. The molecule has 0 saturated heterocycles. The Morgan fingerprint density at radius 3 is 2.59 bits per heavy atom. The van der Waals surface area contributed by atoms with E-state index < -0.39 is 0 Å². The third-order valence-corrected chi connectivity index (χ3v) is 3.05. The number of nitrogens with one attached hydrogen (secondary N) is 2. The highest BCUT2D eigenvalue weighted by molar-refractivity contribution is 5.48. The van der Waals surface area contributed by atoms with Gasteiger partial charge in [-0.2, -0.15) is 0 Å². The summed E-state index contributed by atoms with van der Waals surface area (Å²) >= 11 is 0. The lowest BCUT2D eigenvalue weighted by atomic mass is 10.3. The molecule has 2 atom stereocenters. The first-order valence-corrected chi connectivity index (χ1v) is 6.61. The molecule has 0 aromatic carbocycles. The molecule has 1 fully saturated rings. The molecule has 0 spiro atoms. The molecule has 4 nitrogen and oxygen atoms in total. The lowest BCUT2D eigenvalue weighted by molar-refractivity contribution is 0.830. The molecule has 94 valence electrons. The molecule has 1 aliphatic carbocycles. The minimum absolute atomic E-state index is 0.605. The normalized spacial score (nSPS) is 22.3. The molecule has 17 heavy (non-hydrogen) atoms. The fourth-order valence-electron chi connectivity index (χ4n) is 1.89. The predicted molar refractivity (Wildman–Crippen MR) is 71.4 cm³/mol. The van der Waals surface area contributed by atoms with E-state index in [2.05, 4.69) is 41.4 Å². The second kappa shape index (κ2) is 5.34. The van der Waals surface area contributed by atoms with Crippen molar-refractivity contribution in [2.45, 2.75) is 46.1 Å². The van der Waals surface area contributed by atoms with E-state index in [4.69, 9.17) is 0 Å². The number of nitrogens with zero attached hydrogens (tertiary/aromatic N) is 2. The lowest BCUT2D eigenvalue weighted by Gasteiger charge is -2.10. The highest BCUT2D eigenvalue weighted by atomic mass is 15.1. The first kappa shape index (κ1) is 12.1. The smallest absolute Gasteiger partial charge is 0.133 e. The maximum Gasteiger partial charge on any atom is 0.133 e. The molecule has 0 bridgehead atoms. The van der Waals surface area contributed by atoms with Gasteiger partial charge in [-0.3, -0.25) is 0 Å². The summed E-state index contributed by atoms with van der Waals surface area (Å²) in [6, 6.07) is 2.61. The summed E-state index contributed by atoms with van der Waals surface area (Å²) in [5, 5.41) is 6.73. The van der Waals surface area contributed by atoms with Crippen LogP contribution in [0.1, 0.15) is 39.4 Å². The minimum atomic E-state index is 0.605. The van der Waals surface area contributed by atoms with Gasteiger partial charge in [0.05, 0.1) is 0 Å². The number of hydrogen-bond acceptors (Lipinski definition) is 4. The van der Waals surface area contributed by atoms with Crippen molar-refractivity contribution in [3.63, 3.8) is 0 Å². The van der Waals surface area contributed by atoms with E-state index in [1.54, 1.807) is 0 Å². The quantitative estimate of drug-likeness (QED) is 0.794. The molecule has 1 aliphatic rings. The molecule has 1 aromatic heterocycles. The lowest BCUT2D eigenvalue weighted by Crippen LogP contribution is -2.10. The van der Waals surface area contributed by atoms with Gasteiger partial charge in [-0.25, -0.2) is 9.97 Å². The Balaban J connectivity index is 2.11. The van der Waals surface area contributed by atoms with Crippen LogP contribution in [0.5, 0.6) is 0 Å². The van der Waals surface area contributed by atoms with Crippen molar-refractivity contribution in [3.05, 3.63) is 11.9 Å². The third-order valence-electron chi connectivity index (χ3n) is 3.05. The summed E-state index contributed by atoms with van der Waals surface area (Å²) in [7, 11) is 0. The van der Waals surface area contributed by atoms with Gasteiger partial charge in [-0.1, -0.05) is 13.8 Å². The average molecular weight is 234 g/mol. The van der Waals surface area contributed by atoms with E-state index >= 15 is 0 Å². The van der Waals surface area contributed by atoms with Gasteiger partial charge in [0.25, 0.3) is 0 Å². The van der Waals surface area contributed by atoms with Gasteiger partial charge in [0.15, 0.2) is 0 Å². The number of rotatable bonds is 6. The van der Waals surface area contributed by atoms with Crippen LogP contribution >= 0.6 is 0 Å². The Hall–Kier alpha value is -1.32. The first-order valence-electron chi connectivity index (χ1n) is 6.61. The monoisotopic (exact) mass is 234 g/mol. The van der Waals surface area contributed by atoms with Crippen LogP contribution < -0.4 is 10.6 Å². The van der Waals surface area contributed by atoms with Crippen molar-refractivity contribution >= 4 is 11.6 Å². The molecule has 4 heteroatoms. The molecule has 2 N–H and O–H groups in total. The van der Waals surface area contributed by atoms with Crippen molar-refractivity contribution in [3.8, 4) is 0 Å². The van der Waals surface area contributed by atoms with E-state index in [9.17, 15) is 0 Å². The molecule has 0 radical (unpaired) electrons. The van der Waals surface area contributed by atoms with Crippen LogP contribution in [0.3, 0.4) is 0 Å². The third kappa shape index (κ3) is 3.32. The number of hydrogen-bond donors (Lipinski definition) is 2. The van der Waals surface area contributed by atoms with Crippen LogP contribution in [-0.4, -0.2) is 22.6 Å². The van der Waals surface area contributed by atoms with Gasteiger partial charge in [0.1, 0.15) is 17.5 Å². The summed E-state index contributed by atoms with van der Waals surface area (Å²) in [5.74, 6) is 3.61. The number of aromatic nitrogens is 2. The Morgan fingerprint density at radius 2 is 2.00 bits per heavy atom. The molecule has 2 rings (SSSR count). The second-order valence-corrected chi connectivity index (χ2v) is 4.80. The number of aryl methyl sites for hydroxylation is 1. The van der Waals surface area contributed by atoms with Crippen LogP contribution in [0.2, 0.25) is 0 Å². The van der Waals surface area contributed by atoms with Gasteiger partial charge in [0, 0.05) is 25.1 Å². The van der Waals surface area contributed by atoms with E-state index in [1.807, 2.05) is 6.07 Å². The van der Waals surface area contributed by atoms with E-state index in [0.29, 0.717) is 6.04 Å². The van der Waals surface area contributed by atoms with Crippen molar-refractivity contribution in [1.29, 1.82) is 0 Å². The molecular formula is C13H22N4. The SMILES string of the molecule is CCCc1nc(NCC)cc(NC2CC2C)n1. The number of anilines is 2. The van der Waals surface area contributed by atoms with E-state index in [0.717, 1.165) is 42.8 Å². The Kier molecular flexibility index (Phi) is 3.82. The molecule has 0 amide bonds. The summed E-state index contributed by atoms with van der Waals surface area (Å²) in [6.45, 7) is 7.38. The van der Waals surface area contributed by atoms with Crippen LogP contribution in [0.4, 0.5) is 11.6 Å². The minimum Gasteiger partial charge on any atom is -0.370 e. The summed E-state index contributed by atoms with van der Waals surface area (Å²) in [5.41, 5.74) is 0. The van der Waals surface area contributed by atoms with Crippen LogP contribution in [-0.2, 0) is 6.42 Å². The molecule has 1 aromatic rings. The second-order valence-electron chi connectivity index (χ2n) is 4.80. The van der Waals surface area contributed by atoms with Crippen molar-refractivity contribution in [1.82, 2.24) is 9.97 Å². The molecule has 1 saturated carbocycles. The maximum absolute atomic E-state index is 4.56. The zero-order valence-electron chi connectivity index (χ0n) is 11.0. The van der Waals surface area contributed by atoms with Gasteiger partial charge in [0.2, 0.25) is 0 Å². The van der Waals surface area contributed by atoms with Crippen LogP contribution in [0.15, 0.2) is 6.07 Å². The Bertz CT molecular complexity index is 353. The fraction of sp³-hybridized carbons (Fsp3) is 0.692. The summed E-state index contributed by atoms with van der Waals surface area (Å²) in [6.07, 6.45) is 3.27. The largest absolute Gasteiger partial charge is 0.370 e. The molecule has 2 unspecified atom stereocenters. The van der Waals surface area contributed by atoms with E-state index in [-0.39, 0.29) is 0 Å². The maximum atomic E-state index is 4.56. The summed E-state index contributed by atoms with van der Waals surface area (Å²) in [4.78, 5) is 9.06. The van der Waals surface area contributed by atoms with Gasteiger partial charge in [-0.05, 0) is 25.7 Å². The Labute approximate surface area is 103 Å². The zero-order valence-corrected chi connectivity index (χ0v) is 11.0. The van der Waals surface area contributed by atoms with Gasteiger partial charge in [-0.15, -0.1) is 0 Å².